The van der Waals surface area contributed by atoms with Gasteiger partial charge in [0.2, 0.25) is 0 Å². The molecule has 3 nitrogen and oxygen atoms in total. The summed E-state index contributed by atoms with van der Waals surface area (Å²) in [6.07, 6.45) is 0. The number of nitrogens with two attached hydrogens (primary N) is 1. The van der Waals surface area contributed by atoms with E-state index in [1.807, 2.05) is 17.8 Å². The van der Waals surface area contributed by atoms with Gasteiger partial charge in [-0.15, -0.1) is 0 Å². The molecule has 0 amide bonds. The summed E-state index contributed by atoms with van der Waals surface area (Å²) < 4.78 is 1.88. The first kappa shape index (κ1) is 11.9. The SMILES string of the molecule is CC(C)c1ccc(-c2cc(CN)nn2C)cc1. The number of benzene rings is 1. The number of nitrogens with zero attached hydrogens (tertiary/aromatic N) is 2. The van der Waals surface area contributed by atoms with Gasteiger partial charge in [0.05, 0.1) is 11.4 Å². The average Bonchev–Trinajstić information content (AvgIpc) is 2.71. The van der Waals surface area contributed by atoms with Crippen LogP contribution in [0, 0.1) is 0 Å². The van der Waals surface area contributed by atoms with E-state index >= 15 is 0 Å². The van der Waals surface area contributed by atoms with Gasteiger partial charge in [0.25, 0.3) is 0 Å². The molecule has 0 saturated heterocycles. The van der Waals surface area contributed by atoms with Gasteiger partial charge in [-0.1, -0.05) is 38.1 Å². The smallest absolute Gasteiger partial charge is 0.0766 e. The molecular weight excluding hydrogens is 210 g/mol. The monoisotopic (exact) mass is 229 g/mol. The zero-order chi connectivity index (χ0) is 12.4. The van der Waals surface area contributed by atoms with E-state index in [2.05, 4.69) is 43.2 Å². The molecule has 0 aliphatic rings. The zero-order valence-electron chi connectivity index (χ0n) is 10.6. The van der Waals surface area contributed by atoms with Crippen molar-refractivity contribution in [2.24, 2.45) is 12.8 Å². The Morgan fingerprint density at radius 2 is 1.88 bits per heavy atom. The third kappa shape index (κ3) is 2.39. The molecular formula is C14H19N3. The van der Waals surface area contributed by atoms with E-state index in [4.69, 9.17) is 5.73 Å². The molecule has 1 aromatic carbocycles. The summed E-state index contributed by atoms with van der Waals surface area (Å²) in [5.74, 6) is 0.565. The van der Waals surface area contributed by atoms with Crippen LogP contribution in [0.1, 0.15) is 31.0 Å². The molecule has 3 heteroatoms. The maximum absolute atomic E-state index is 5.60. The van der Waals surface area contributed by atoms with Crippen LogP contribution in [-0.2, 0) is 13.6 Å². The van der Waals surface area contributed by atoms with Gasteiger partial charge in [0.15, 0.2) is 0 Å². The third-order valence-corrected chi connectivity index (χ3v) is 3.01. The van der Waals surface area contributed by atoms with Gasteiger partial charge < -0.3 is 5.73 Å². The van der Waals surface area contributed by atoms with E-state index in [9.17, 15) is 0 Å². The van der Waals surface area contributed by atoms with Gasteiger partial charge in [-0.25, -0.2) is 0 Å². The second-order valence-corrected chi connectivity index (χ2v) is 4.63. The van der Waals surface area contributed by atoms with Crippen LogP contribution in [-0.4, -0.2) is 9.78 Å². The molecule has 0 atom stereocenters. The summed E-state index contributed by atoms with van der Waals surface area (Å²) in [5.41, 5.74) is 10.2. The fourth-order valence-corrected chi connectivity index (χ4v) is 1.94. The first-order chi connectivity index (χ1) is 8.11. The number of hydrogen-bond acceptors (Lipinski definition) is 2. The third-order valence-electron chi connectivity index (χ3n) is 3.01. The van der Waals surface area contributed by atoms with Gasteiger partial charge in [-0.05, 0) is 23.1 Å². The Morgan fingerprint density at radius 1 is 1.24 bits per heavy atom. The quantitative estimate of drug-likeness (QED) is 0.879. The van der Waals surface area contributed by atoms with Crippen LogP contribution >= 0.6 is 0 Å². The summed E-state index contributed by atoms with van der Waals surface area (Å²) >= 11 is 0. The highest BCUT2D eigenvalue weighted by atomic mass is 15.3. The highest BCUT2D eigenvalue weighted by Gasteiger charge is 2.07. The largest absolute Gasteiger partial charge is 0.325 e. The number of aryl methyl sites for hydroxylation is 1. The Bertz CT molecular complexity index is 495. The lowest BCUT2D eigenvalue weighted by atomic mass is 10.0. The lowest BCUT2D eigenvalue weighted by Gasteiger charge is -2.07. The summed E-state index contributed by atoms with van der Waals surface area (Å²) in [4.78, 5) is 0. The minimum atomic E-state index is 0.484. The predicted molar refractivity (Wildman–Crippen MR) is 70.6 cm³/mol. The molecule has 0 saturated carbocycles. The molecule has 0 fully saturated rings. The summed E-state index contributed by atoms with van der Waals surface area (Å²) in [7, 11) is 1.95. The van der Waals surface area contributed by atoms with Crippen molar-refractivity contribution in [3.8, 4) is 11.3 Å². The van der Waals surface area contributed by atoms with Gasteiger partial charge in [0, 0.05) is 13.6 Å². The van der Waals surface area contributed by atoms with Gasteiger partial charge in [-0.2, -0.15) is 5.10 Å². The van der Waals surface area contributed by atoms with Crippen molar-refractivity contribution in [1.29, 1.82) is 0 Å². The molecule has 0 radical (unpaired) electrons. The molecule has 2 aromatic rings. The molecule has 2 rings (SSSR count). The fraction of sp³-hybridized carbons (Fsp3) is 0.357. The number of aromatic nitrogens is 2. The first-order valence-corrected chi connectivity index (χ1v) is 5.95. The zero-order valence-corrected chi connectivity index (χ0v) is 10.6. The Balaban J connectivity index is 2.36. The first-order valence-electron chi connectivity index (χ1n) is 5.95. The van der Waals surface area contributed by atoms with E-state index in [-0.39, 0.29) is 0 Å². The maximum atomic E-state index is 5.60. The molecule has 2 N–H and O–H groups in total. The van der Waals surface area contributed by atoms with Crippen LogP contribution in [0.5, 0.6) is 0 Å². The van der Waals surface area contributed by atoms with Crippen molar-refractivity contribution < 1.29 is 0 Å². The standard InChI is InChI=1S/C14H19N3/c1-10(2)11-4-6-12(7-5-11)14-8-13(9-15)16-17(14)3/h4-8,10H,9,15H2,1-3H3. The van der Waals surface area contributed by atoms with Gasteiger partial charge in [-0.3, -0.25) is 4.68 Å². The molecule has 1 aromatic heterocycles. The number of rotatable bonds is 3. The minimum Gasteiger partial charge on any atom is -0.325 e. The Kier molecular flexibility index (Phi) is 3.29. The molecule has 0 aliphatic heterocycles. The van der Waals surface area contributed by atoms with Crippen LogP contribution in [0.15, 0.2) is 30.3 Å². The van der Waals surface area contributed by atoms with Crippen molar-refractivity contribution in [3.05, 3.63) is 41.6 Å². The Hall–Kier alpha value is -1.61. The van der Waals surface area contributed by atoms with Gasteiger partial charge in [0.1, 0.15) is 0 Å². The van der Waals surface area contributed by atoms with E-state index in [0.29, 0.717) is 12.5 Å². The van der Waals surface area contributed by atoms with E-state index in [0.717, 1.165) is 11.4 Å². The van der Waals surface area contributed by atoms with Crippen molar-refractivity contribution >= 4 is 0 Å². The predicted octanol–water partition coefficient (Wildman–Crippen LogP) is 2.67. The summed E-state index contributed by atoms with van der Waals surface area (Å²) in [5, 5.41) is 4.35. The second-order valence-electron chi connectivity index (χ2n) is 4.63. The van der Waals surface area contributed by atoms with Crippen LogP contribution < -0.4 is 5.73 Å². The average molecular weight is 229 g/mol. The van der Waals surface area contributed by atoms with E-state index in [1.165, 1.54) is 11.1 Å². The maximum Gasteiger partial charge on any atom is 0.0766 e. The fourth-order valence-electron chi connectivity index (χ4n) is 1.94. The number of hydrogen-bond donors (Lipinski definition) is 1. The van der Waals surface area contributed by atoms with Crippen molar-refractivity contribution in [2.75, 3.05) is 0 Å². The molecule has 17 heavy (non-hydrogen) atoms. The van der Waals surface area contributed by atoms with Crippen LogP contribution in [0.25, 0.3) is 11.3 Å². The molecule has 0 spiro atoms. The molecule has 0 aliphatic carbocycles. The Labute approximate surface area is 102 Å². The lowest BCUT2D eigenvalue weighted by molar-refractivity contribution is 0.749. The molecule has 0 bridgehead atoms. The van der Waals surface area contributed by atoms with Crippen molar-refractivity contribution in [2.45, 2.75) is 26.3 Å². The van der Waals surface area contributed by atoms with E-state index < -0.39 is 0 Å². The highest BCUT2D eigenvalue weighted by molar-refractivity contribution is 5.60. The minimum absolute atomic E-state index is 0.484. The van der Waals surface area contributed by atoms with Crippen LogP contribution in [0.2, 0.25) is 0 Å². The van der Waals surface area contributed by atoms with Crippen LogP contribution in [0.4, 0.5) is 0 Å². The molecule has 90 valence electrons. The Morgan fingerprint density at radius 3 is 2.35 bits per heavy atom. The van der Waals surface area contributed by atoms with Gasteiger partial charge >= 0.3 is 0 Å². The lowest BCUT2D eigenvalue weighted by Crippen LogP contribution is -1.98. The second kappa shape index (κ2) is 4.72. The normalized spacial score (nSPS) is 11.1. The van der Waals surface area contributed by atoms with Crippen LogP contribution in [0.3, 0.4) is 0 Å². The molecule has 1 heterocycles. The van der Waals surface area contributed by atoms with E-state index in [1.54, 1.807) is 0 Å². The summed E-state index contributed by atoms with van der Waals surface area (Å²) in [6, 6.07) is 10.7. The summed E-state index contributed by atoms with van der Waals surface area (Å²) in [6.45, 7) is 4.88. The highest BCUT2D eigenvalue weighted by Crippen LogP contribution is 2.22. The topological polar surface area (TPSA) is 43.8 Å². The molecule has 0 unspecified atom stereocenters. The van der Waals surface area contributed by atoms with Crippen molar-refractivity contribution in [1.82, 2.24) is 9.78 Å². The van der Waals surface area contributed by atoms with Crippen molar-refractivity contribution in [3.63, 3.8) is 0 Å².